The van der Waals surface area contributed by atoms with Gasteiger partial charge in [0.25, 0.3) is 0 Å². The van der Waals surface area contributed by atoms with Crippen molar-refractivity contribution in [3.63, 3.8) is 0 Å². The lowest BCUT2D eigenvalue weighted by Crippen LogP contribution is -2.23. The molecule has 0 nitrogen and oxygen atoms in total. The lowest BCUT2D eigenvalue weighted by Gasteiger charge is -2.34. The Hall–Kier alpha value is 0. The lowest BCUT2D eigenvalue weighted by molar-refractivity contribution is 0.168. The van der Waals surface area contributed by atoms with Gasteiger partial charge in [0, 0.05) is 0 Å². The molecule has 26 heavy (non-hydrogen) atoms. The minimum atomic E-state index is 0.878. The van der Waals surface area contributed by atoms with Crippen molar-refractivity contribution in [2.45, 2.75) is 141 Å². The van der Waals surface area contributed by atoms with Crippen LogP contribution in [0.2, 0.25) is 0 Å². The first-order chi connectivity index (χ1) is 12.3. The van der Waals surface area contributed by atoms with Gasteiger partial charge in [-0.2, -0.15) is 0 Å². The molecule has 1 saturated carbocycles. The molecule has 0 atom stereocenters. The van der Waals surface area contributed by atoms with Crippen LogP contribution in [0.3, 0.4) is 0 Å². The van der Waals surface area contributed by atoms with Gasteiger partial charge in [-0.05, 0) is 55.3 Å². The first-order valence-corrected chi connectivity index (χ1v) is 12.3. The molecule has 1 aliphatic rings. The molecule has 1 aliphatic carbocycles. The predicted octanol–water partition coefficient (Wildman–Crippen LogP) is 10.4. The van der Waals surface area contributed by atoms with Gasteiger partial charge in [-0.3, -0.25) is 0 Å². The summed E-state index contributed by atoms with van der Waals surface area (Å²) in [7, 11) is 0. The van der Waals surface area contributed by atoms with Crippen LogP contribution < -0.4 is 0 Å². The molecule has 0 unspecified atom stereocenters. The van der Waals surface area contributed by atoms with Crippen LogP contribution in [0.5, 0.6) is 0 Å². The monoisotopic (exact) mass is 372 g/mol. The molecule has 0 aromatic rings. The first-order valence-electron chi connectivity index (χ1n) is 12.3. The smallest absolute Gasteiger partial charge is 0.0381 e. The molecule has 0 radical (unpaired) electrons. The molecule has 0 aromatic heterocycles. The van der Waals surface area contributed by atoms with Crippen LogP contribution in [-0.2, 0) is 0 Å². The van der Waals surface area contributed by atoms with Crippen molar-refractivity contribution in [2.24, 2.45) is 29.6 Å². The number of rotatable bonds is 5. The molecule has 0 N–H and O–H groups in total. The largest absolute Gasteiger partial charge is 0.0683 e. The van der Waals surface area contributed by atoms with Gasteiger partial charge in [-0.15, -0.1) is 0 Å². The fourth-order valence-corrected chi connectivity index (χ4v) is 3.45. The van der Waals surface area contributed by atoms with Crippen LogP contribution in [0.4, 0.5) is 0 Å². The Morgan fingerprint density at radius 3 is 1.12 bits per heavy atom. The van der Waals surface area contributed by atoms with E-state index in [1.165, 1.54) is 51.4 Å². The molecule has 0 bridgehead atoms. The van der Waals surface area contributed by atoms with E-state index >= 15 is 0 Å². The Morgan fingerprint density at radius 2 is 0.885 bits per heavy atom. The molecule has 164 valence electrons. The topological polar surface area (TPSA) is 0 Å². The summed E-state index contributed by atoms with van der Waals surface area (Å²) in [6.45, 7) is 28.5. The quantitative estimate of drug-likeness (QED) is 0.450. The van der Waals surface area contributed by atoms with Crippen LogP contribution in [0.25, 0.3) is 0 Å². The summed E-state index contributed by atoms with van der Waals surface area (Å²) in [6.07, 6.45) is 11.4. The fourth-order valence-electron chi connectivity index (χ4n) is 3.45. The number of hydrogen-bond donors (Lipinski definition) is 0. The highest BCUT2D eigenvalue weighted by atomic mass is 14.3. The predicted molar refractivity (Wildman–Crippen MR) is 128 cm³/mol. The summed E-state index contributed by atoms with van der Waals surface area (Å²) >= 11 is 0. The van der Waals surface area contributed by atoms with Gasteiger partial charge in [-0.1, -0.05) is 116 Å². The second kappa shape index (κ2) is 27.2. The van der Waals surface area contributed by atoms with Crippen molar-refractivity contribution in [2.75, 3.05) is 0 Å². The van der Waals surface area contributed by atoms with Gasteiger partial charge >= 0.3 is 0 Å². The highest BCUT2D eigenvalue weighted by Crippen LogP contribution is 2.38. The Morgan fingerprint density at radius 1 is 0.615 bits per heavy atom. The zero-order valence-corrected chi connectivity index (χ0v) is 21.5. The van der Waals surface area contributed by atoms with Gasteiger partial charge in [0.2, 0.25) is 0 Å². The fraction of sp³-hybridized carbons (Fsp3) is 1.00. The maximum atomic E-state index is 2.43. The molecule has 0 heterocycles. The standard InChI is InChI=1S/C16H32.2C3H8.2C2H6/c1-12(2)10-16(11-13(3)4)15-8-6-14(5)7-9-15;2*1-3-2;2*1-2/h12-16H,6-11H2,1-5H3;2*3H2,1-2H3;2*1-2H3. The summed E-state index contributed by atoms with van der Waals surface area (Å²) in [5.74, 6) is 4.80. The van der Waals surface area contributed by atoms with Gasteiger partial charge < -0.3 is 0 Å². The normalized spacial score (nSPS) is 18.5. The Balaban J connectivity index is -0.000000204. The summed E-state index contributed by atoms with van der Waals surface area (Å²) in [6, 6.07) is 0. The van der Waals surface area contributed by atoms with Crippen molar-refractivity contribution in [3.05, 3.63) is 0 Å². The van der Waals surface area contributed by atoms with Gasteiger partial charge in [0.1, 0.15) is 0 Å². The van der Waals surface area contributed by atoms with E-state index in [0.717, 1.165) is 29.6 Å². The molecule has 0 spiro atoms. The molecule has 0 aromatic carbocycles. The van der Waals surface area contributed by atoms with Crippen LogP contribution in [-0.4, -0.2) is 0 Å². The third-order valence-electron chi connectivity index (χ3n) is 4.28. The van der Waals surface area contributed by atoms with Crippen molar-refractivity contribution in [1.82, 2.24) is 0 Å². The molecule has 1 fully saturated rings. The van der Waals surface area contributed by atoms with E-state index in [-0.39, 0.29) is 0 Å². The summed E-state index contributed by atoms with van der Waals surface area (Å²) < 4.78 is 0. The van der Waals surface area contributed by atoms with E-state index in [0.29, 0.717) is 0 Å². The lowest BCUT2D eigenvalue weighted by atomic mass is 9.71. The SMILES string of the molecule is CC.CC.CC(C)CC(CC(C)C)C1CCC(C)CC1.CCC.CCC. The molecule has 0 heteroatoms. The highest BCUT2D eigenvalue weighted by molar-refractivity contribution is 4.78. The van der Waals surface area contributed by atoms with Gasteiger partial charge in [-0.25, -0.2) is 0 Å². The molecular formula is C26H60. The van der Waals surface area contributed by atoms with Crippen molar-refractivity contribution < 1.29 is 0 Å². The Bertz CT molecular complexity index is 184. The molecule has 0 saturated heterocycles. The van der Waals surface area contributed by atoms with E-state index in [4.69, 9.17) is 0 Å². The first kappa shape index (κ1) is 33.6. The minimum absolute atomic E-state index is 0.878. The highest BCUT2D eigenvalue weighted by Gasteiger charge is 2.26. The van der Waals surface area contributed by atoms with E-state index in [1.54, 1.807) is 0 Å². The molecule has 0 aliphatic heterocycles. The second-order valence-corrected chi connectivity index (χ2v) is 8.45. The maximum Gasteiger partial charge on any atom is -0.0381 e. The van der Waals surface area contributed by atoms with E-state index in [1.807, 2.05) is 27.7 Å². The molecule has 1 rings (SSSR count). The van der Waals surface area contributed by atoms with Crippen molar-refractivity contribution in [1.29, 1.82) is 0 Å². The van der Waals surface area contributed by atoms with Crippen LogP contribution >= 0.6 is 0 Å². The second-order valence-electron chi connectivity index (χ2n) is 8.45. The van der Waals surface area contributed by atoms with Crippen LogP contribution in [0, 0.1) is 29.6 Å². The van der Waals surface area contributed by atoms with Crippen LogP contribution in [0.1, 0.15) is 141 Å². The summed E-state index contributed by atoms with van der Waals surface area (Å²) in [4.78, 5) is 0. The molecular weight excluding hydrogens is 312 g/mol. The molecule has 0 amide bonds. The Kier molecular flexibility index (Phi) is 35.2. The average Bonchev–Trinajstić information content (AvgIpc) is 2.59. The number of hydrogen-bond acceptors (Lipinski definition) is 0. The van der Waals surface area contributed by atoms with Gasteiger partial charge in [0.05, 0.1) is 0 Å². The third-order valence-corrected chi connectivity index (χ3v) is 4.28. The Labute approximate surface area is 171 Å². The van der Waals surface area contributed by atoms with E-state index < -0.39 is 0 Å². The summed E-state index contributed by atoms with van der Waals surface area (Å²) in [5.41, 5.74) is 0. The summed E-state index contributed by atoms with van der Waals surface area (Å²) in [5, 5.41) is 0. The average molecular weight is 373 g/mol. The van der Waals surface area contributed by atoms with E-state index in [9.17, 15) is 0 Å². The minimum Gasteiger partial charge on any atom is -0.0683 e. The zero-order valence-electron chi connectivity index (χ0n) is 21.5. The maximum absolute atomic E-state index is 2.43. The van der Waals surface area contributed by atoms with Crippen LogP contribution in [0.15, 0.2) is 0 Å². The third kappa shape index (κ3) is 26.2. The van der Waals surface area contributed by atoms with Gasteiger partial charge in [0.15, 0.2) is 0 Å². The van der Waals surface area contributed by atoms with E-state index in [2.05, 4.69) is 62.3 Å². The van der Waals surface area contributed by atoms with Crippen molar-refractivity contribution in [3.8, 4) is 0 Å². The zero-order chi connectivity index (χ0) is 21.5. The van der Waals surface area contributed by atoms with Crippen molar-refractivity contribution >= 4 is 0 Å².